The van der Waals surface area contributed by atoms with Gasteiger partial charge in [0, 0.05) is 12.1 Å². The van der Waals surface area contributed by atoms with Crippen LogP contribution in [0.15, 0.2) is 24.3 Å². The van der Waals surface area contributed by atoms with Gasteiger partial charge in [-0.2, -0.15) is 5.26 Å². The van der Waals surface area contributed by atoms with Crippen LogP contribution < -0.4 is 10.1 Å². The van der Waals surface area contributed by atoms with Gasteiger partial charge in [0.1, 0.15) is 11.8 Å². The molecule has 1 N–H and O–H groups in total. The van der Waals surface area contributed by atoms with Crippen molar-refractivity contribution in [3.05, 3.63) is 29.8 Å². The second-order valence-corrected chi connectivity index (χ2v) is 7.53. The zero-order chi connectivity index (χ0) is 14.6. The van der Waals surface area contributed by atoms with E-state index in [1.807, 2.05) is 37.3 Å². The predicted molar refractivity (Wildman–Crippen MR) is 76.1 cm³/mol. The lowest BCUT2D eigenvalue weighted by Crippen LogP contribution is -2.42. The Morgan fingerprint density at radius 2 is 2.10 bits per heavy atom. The first-order valence-electron chi connectivity index (χ1n) is 6.47. The predicted octanol–water partition coefficient (Wildman–Crippen LogP) is 1.26. The Kier molecular flexibility index (Phi) is 4.31. The molecule has 0 aliphatic carbocycles. The number of benzene rings is 1. The third-order valence-corrected chi connectivity index (χ3v) is 5.35. The van der Waals surface area contributed by atoms with E-state index < -0.39 is 9.84 Å². The molecule has 1 saturated heterocycles. The number of nitriles is 1. The summed E-state index contributed by atoms with van der Waals surface area (Å²) in [4.78, 5) is 0. The summed E-state index contributed by atoms with van der Waals surface area (Å²) < 4.78 is 28.2. The number of hydrogen-bond acceptors (Lipinski definition) is 5. The van der Waals surface area contributed by atoms with Crippen LogP contribution in [-0.2, 0) is 16.4 Å². The summed E-state index contributed by atoms with van der Waals surface area (Å²) in [5, 5.41) is 11.7. The Hall–Kier alpha value is -1.58. The Morgan fingerprint density at radius 3 is 2.65 bits per heavy atom. The van der Waals surface area contributed by atoms with Crippen molar-refractivity contribution in [3.63, 3.8) is 0 Å². The van der Waals surface area contributed by atoms with Crippen LogP contribution in [0, 0.1) is 11.3 Å². The lowest BCUT2D eigenvalue weighted by molar-refractivity contribution is 0.367. The van der Waals surface area contributed by atoms with Crippen molar-refractivity contribution in [3.8, 4) is 11.8 Å². The molecule has 20 heavy (non-hydrogen) atoms. The average molecular weight is 294 g/mol. The van der Waals surface area contributed by atoms with Crippen molar-refractivity contribution in [1.29, 1.82) is 5.26 Å². The van der Waals surface area contributed by atoms with Crippen molar-refractivity contribution >= 4 is 9.84 Å². The first kappa shape index (κ1) is 14.8. The molecule has 1 unspecified atom stereocenters. The highest BCUT2D eigenvalue weighted by atomic mass is 32.2. The Labute approximate surface area is 119 Å². The molecule has 1 aliphatic rings. The largest absolute Gasteiger partial charge is 0.479 e. The van der Waals surface area contributed by atoms with Crippen LogP contribution in [0.1, 0.15) is 18.9 Å². The maximum Gasteiger partial charge on any atom is 0.174 e. The van der Waals surface area contributed by atoms with Gasteiger partial charge >= 0.3 is 0 Å². The Morgan fingerprint density at radius 1 is 1.40 bits per heavy atom. The molecule has 1 aromatic carbocycles. The summed E-state index contributed by atoms with van der Waals surface area (Å²) in [6, 6.07) is 9.35. The minimum atomic E-state index is -2.89. The van der Waals surface area contributed by atoms with E-state index in [-0.39, 0.29) is 23.7 Å². The van der Waals surface area contributed by atoms with Crippen molar-refractivity contribution in [2.45, 2.75) is 25.4 Å². The highest BCUT2D eigenvalue weighted by Crippen LogP contribution is 2.23. The van der Waals surface area contributed by atoms with Gasteiger partial charge in [0.15, 0.2) is 16.4 Å². The molecule has 1 heterocycles. The van der Waals surface area contributed by atoms with Gasteiger partial charge in [-0.1, -0.05) is 12.1 Å². The van der Waals surface area contributed by atoms with E-state index in [1.54, 1.807) is 0 Å². The van der Waals surface area contributed by atoms with Gasteiger partial charge in [-0.15, -0.1) is 0 Å². The van der Waals surface area contributed by atoms with Crippen LogP contribution in [0.2, 0.25) is 0 Å². The third kappa shape index (κ3) is 3.95. The summed E-state index contributed by atoms with van der Waals surface area (Å²) in [5.74, 6) is 1.12. The molecule has 2 rings (SSSR count). The number of ether oxygens (including phenoxy) is 1. The molecule has 108 valence electrons. The van der Waals surface area contributed by atoms with Crippen LogP contribution in [0.4, 0.5) is 0 Å². The monoisotopic (exact) mass is 294 g/mol. The SMILES string of the molecule is CC1(NCc2ccc(OCC#N)cc2)CCS(=O)(=O)C1. The molecule has 0 radical (unpaired) electrons. The number of nitrogens with one attached hydrogen (secondary N) is 1. The maximum atomic E-state index is 11.5. The topological polar surface area (TPSA) is 79.2 Å². The highest BCUT2D eigenvalue weighted by molar-refractivity contribution is 7.91. The molecule has 1 atom stereocenters. The molecular weight excluding hydrogens is 276 g/mol. The summed E-state index contributed by atoms with van der Waals surface area (Å²) in [7, 11) is -2.89. The van der Waals surface area contributed by atoms with E-state index in [0.717, 1.165) is 5.56 Å². The highest BCUT2D eigenvalue weighted by Gasteiger charge is 2.37. The van der Waals surface area contributed by atoms with Crippen molar-refractivity contribution in [1.82, 2.24) is 5.32 Å². The number of sulfone groups is 1. The molecular formula is C14H18N2O3S. The Bertz CT molecular complexity index is 604. The summed E-state index contributed by atoms with van der Waals surface area (Å²) in [6.07, 6.45) is 0.651. The van der Waals surface area contributed by atoms with E-state index in [2.05, 4.69) is 5.32 Å². The molecule has 6 heteroatoms. The fraction of sp³-hybridized carbons (Fsp3) is 0.500. The first-order valence-corrected chi connectivity index (χ1v) is 8.29. The smallest absolute Gasteiger partial charge is 0.174 e. The fourth-order valence-corrected chi connectivity index (χ4v) is 4.41. The number of rotatable bonds is 5. The number of nitrogens with zero attached hydrogens (tertiary/aromatic N) is 1. The maximum absolute atomic E-state index is 11.5. The zero-order valence-electron chi connectivity index (χ0n) is 11.4. The molecule has 1 fully saturated rings. The van der Waals surface area contributed by atoms with Crippen LogP contribution >= 0.6 is 0 Å². The minimum absolute atomic E-state index is 0.0352. The van der Waals surface area contributed by atoms with Crippen molar-refractivity contribution in [2.24, 2.45) is 0 Å². The van der Waals surface area contributed by atoms with Crippen LogP contribution in [0.5, 0.6) is 5.75 Å². The average Bonchev–Trinajstić information content (AvgIpc) is 2.70. The van der Waals surface area contributed by atoms with Gasteiger partial charge < -0.3 is 10.1 Å². The summed E-state index contributed by atoms with van der Waals surface area (Å²) >= 11 is 0. The van der Waals surface area contributed by atoms with E-state index in [0.29, 0.717) is 18.7 Å². The second kappa shape index (κ2) is 5.81. The number of hydrogen-bond donors (Lipinski definition) is 1. The third-order valence-electron chi connectivity index (χ3n) is 3.45. The standard InChI is InChI=1S/C14H18N2O3S/c1-14(6-9-20(17,18)11-14)16-10-12-2-4-13(5-3-12)19-8-7-15/h2-5,16H,6,8-11H2,1H3. The van der Waals surface area contributed by atoms with Crippen molar-refractivity contribution < 1.29 is 13.2 Å². The lowest BCUT2D eigenvalue weighted by Gasteiger charge is -2.24. The zero-order valence-corrected chi connectivity index (χ0v) is 12.2. The fourth-order valence-electron chi connectivity index (χ4n) is 2.28. The first-order chi connectivity index (χ1) is 9.42. The quantitative estimate of drug-likeness (QED) is 0.884. The van der Waals surface area contributed by atoms with Gasteiger partial charge in [0.25, 0.3) is 0 Å². The molecule has 0 spiro atoms. The lowest BCUT2D eigenvalue weighted by atomic mass is 10.0. The van der Waals surface area contributed by atoms with Crippen LogP contribution in [0.3, 0.4) is 0 Å². The van der Waals surface area contributed by atoms with Gasteiger partial charge in [0.05, 0.1) is 11.5 Å². The summed E-state index contributed by atoms with van der Waals surface area (Å²) in [6.45, 7) is 2.60. The van der Waals surface area contributed by atoms with E-state index in [9.17, 15) is 8.42 Å². The van der Waals surface area contributed by atoms with Gasteiger partial charge in [-0.05, 0) is 31.0 Å². The van der Waals surface area contributed by atoms with Gasteiger partial charge in [-0.3, -0.25) is 0 Å². The van der Waals surface area contributed by atoms with Crippen molar-refractivity contribution in [2.75, 3.05) is 18.1 Å². The molecule has 0 aromatic heterocycles. The Balaban J connectivity index is 1.90. The van der Waals surface area contributed by atoms with Crippen LogP contribution in [0.25, 0.3) is 0 Å². The van der Waals surface area contributed by atoms with Crippen LogP contribution in [-0.4, -0.2) is 32.1 Å². The molecule has 5 nitrogen and oxygen atoms in total. The van der Waals surface area contributed by atoms with Gasteiger partial charge in [-0.25, -0.2) is 8.42 Å². The normalized spacial score (nSPS) is 24.2. The minimum Gasteiger partial charge on any atom is -0.479 e. The van der Waals surface area contributed by atoms with Gasteiger partial charge in [0.2, 0.25) is 0 Å². The van der Waals surface area contributed by atoms with E-state index in [1.165, 1.54) is 0 Å². The molecule has 0 saturated carbocycles. The van der Waals surface area contributed by atoms with E-state index in [4.69, 9.17) is 10.00 Å². The molecule has 1 aliphatic heterocycles. The molecule has 0 bridgehead atoms. The van der Waals surface area contributed by atoms with E-state index >= 15 is 0 Å². The summed E-state index contributed by atoms with van der Waals surface area (Å²) in [5.41, 5.74) is 0.717. The molecule has 1 aromatic rings. The second-order valence-electron chi connectivity index (χ2n) is 5.35. The molecule has 0 amide bonds.